The SMILES string of the molecule is COc1cc(C)nc(CNc2ccccc2N(C)C)c1. The van der Waals surface area contributed by atoms with Crippen LogP contribution in [0, 0.1) is 6.92 Å². The van der Waals surface area contributed by atoms with Crippen molar-refractivity contribution in [3.8, 4) is 5.75 Å². The van der Waals surface area contributed by atoms with Crippen molar-refractivity contribution in [2.45, 2.75) is 13.5 Å². The number of benzene rings is 1. The third-order valence-electron chi connectivity index (χ3n) is 3.06. The lowest BCUT2D eigenvalue weighted by Crippen LogP contribution is -2.12. The van der Waals surface area contributed by atoms with Crippen LogP contribution in [0.2, 0.25) is 0 Å². The lowest BCUT2D eigenvalue weighted by atomic mass is 10.2. The number of anilines is 2. The molecule has 4 heteroatoms. The van der Waals surface area contributed by atoms with Crippen LogP contribution in [0.5, 0.6) is 5.75 Å². The quantitative estimate of drug-likeness (QED) is 0.907. The number of nitrogens with one attached hydrogen (secondary N) is 1. The zero-order chi connectivity index (χ0) is 14.5. The van der Waals surface area contributed by atoms with Gasteiger partial charge in [-0.25, -0.2) is 0 Å². The number of hydrogen-bond donors (Lipinski definition) is 1. The second kappa shape index (κ2) is 6.28. The van der Waals surface area contributed by atoms with E-state index in [0.29, 0.717) is 6.54 Å². The van der Waals surface area contributed by atoms with E-state index < -0.39 is 0 Å². The number of aromatic nitrogens is 1. The predicted molar refractivity (Wildman–Crippen MR) is 83.6 cm³/mol. The first-order valence-electron chi connectivity index (χ1n) is 6.62. The van der Waals surface area contributed by atoms with Crippen LogP contribution in [0.3, 0.4) is 0 Å². The smallest absolute Gasteiger partial charge is 0.122 e. The number of para-hydroxylation sites is 2. The number of hydrogen-bond acceptors (Lipinski definition) is 4. The second-order valence-electron chi connectivity index (χ2n) is 4.90. The molecule has 0 aliphatic rings. The fourth-order valence-electron chi connectivity index (χ4n) is 2.11. The van der Waals surface area contributed by atoms with E-state index in [9.17, 15) is 0 Å². The Bertz CT molecular complexity index is 582. The largest absolute Gasteiger partial charge is 0.497 e. The van der Waals surface area contributed by atoms with Gasteiger partial charge in [0.05, 0.1) is 30.7 Å². The topological polar surface area (TPSA) is 37.4 Å². The normalized spacial score (nSPS) is 10.2. The summed E-state index contributed by atoms with van der Waals surface area (Å²) in [4.78, 5) is 6.61. The van der Waals surface area contributed by atoms with Crippen molar-refractivity contribution in [1.82, 2.24) is 4.98 Å². The van der Waals surface area contributed by atoms with Crippen LogP contribution in [-0.4, -0.2) is 26.2 Å². The van der Waals surface area contributed by atoms with Gasteiger partial charge in [0.2, 0.25) is 0 Å². The summed E-state index contributed by atoms with van der Waals surface area (Å²) in [6.07, 6.45) is 0. The minimum Gasteiger partial charge on any atom is -0.497 e. The van der Waals surface area contributed by atoms with Crippen molar-refractivity contribution < 1.29 is 4.74 Å². The maximum Gasteiger partial charge on any atom is 0.122 e. The number of ether oxygens (including phenoxy) is 1. The van der Waals surface area contributed by atoms with Gasteiger partial charge in [-0.2, -0.15) is 0 Å². The zero-order valence-corrected chi connectivity index (χ0v) is 12.5. The number of aryl methyl sites for hydroxylation is 1. The number of rotatable bonds is 5. The molecule has 0 aliphatic carbocycles. The summed E-state index contributed by atoms with van der Waals surface area (Å²) in [5.41, 5.74) is 4.18. The highest BCUT2D eigenvalue weighted by molar-refractivity contribution is 5.69. The van der Waals surface area contributed by atoms with E-state index in [0.717, 1.165) is 28.5 Å². The van der Waals surface area contributed by atoms with Gasteiger partial charge in [0.15, 0.2) is 0 Å². The van der Waals surface area contributed by atoms with Gasteiger partial charge in [-0.05, 0) is 19.1 Å². The monoisotopic (exact) mass is 271 g/mol. The molecule has 1 aromatic heterocycles. The van der Waals surface area contributed by atoms with Crippen molar-refractivity contribution in [1.29, 1.82) is 0 Å². The fraction of sp³-hybridized carbons (Fsp3) is 0.312. The predicted octanol–water partition coefficient (Wildman–Crippen LogP) is 3.08. The molecule has 0 spiro atoms. The molecule has 106 valence electrons. The Morgan fingerprint density at radius 1 is 1.20 bits per heavy atom. The molecular weight excluding hydrogens is 250 g/mol. The van der Waals surface area contributed by atoms with E-state index in [-0.39, 0.29) is 0 Å². The van der Waals surface area contributed by atoms with Crippen molar-refractivity contribution in [3.63, 3.8) is 0 Å². The Morgan fingerprint density at radius 2 is 1.95 bits per heavy atom. The second-order valence-corrected chi connectivity index (χ2v) is 4.90. The van der Waals surface area contributed by atoms with Crippen molar-refractivity contribution in [3.05, 3.63) is 47.8 Å². The van der Waals surface area contributed by atoms with Crippen LogP contribution in [0.4, 0.5) is 11.4 Å². The molecule has 0 fully saturated rings. The average molecular weight is 271 g/mol. The summed E-state index contributed by atoms with van der Waals surface area (Å²) in [6, 6.07) is 12.1. The van der Waals surface area contributed by atoms with Crippen LogP contribution in [0.1, 0.15) is 11.4 Å². The molecule has 0 amide bonds. The highest BCUT2D eigenvalue weighted by Crippen LogP contribution is 2.24. The van der Waals surface area contributed by atoms with Gasteiger partial charge < -0.3 is 15.0 Å². The molecular formula is C16H21N3O. The molecule has 2 aromatic rings. The first kappa shape index (κ1) is 14.2. The Hall–Kier alpha value is -2.23. The molecule has 0 saturated heterocycles. The van der Waals surface area contributed by atoms with E-state index >= 15 is 0 Å². The summed E-state index contributed by atoms with van der Waals surface area (Å²) in [5.74, 6) is 0.843. The van der Waals surface area contributed by atoms with Gasteiger partial charge in [-0.15, -0.1) is 0 Å². The lowest BCUT2D eigenvalue weighted by molar-refractivity contribution is 0.413. The summed E-state index contributed by atoms with van der Waals surface area (Å²) in [6.45, 7) is 2.64. The van der Waals surface area contributed by atoms with Crippen LogP contribution >= 0.6 is 0 Å². The average Bonchev–Trinajstić information content (AvgIpc) is 2.44. The van der Waals surface area contributed by atoms with Gasteiger partial charge >= 0.3 is 0 Å². The molecule has 0 unspecified atom stereocenters. The Balaban J connectivity index is 2.15. The third kappa shape index (κ3) is 3.41. The highest BCUT2D eigenvalue weighted by Gasteiger charge is 2.05. The van der Waals surface area contributed by atoms with Crippen molar-refractivity contribution >= 4 is 11.4 Å². The van der Waals surface area contributed by atoms with Crippen LogP contribution < -0.4 is 15.0 Å². The van der Waals surface area contributed by atoms with Gasteiger partial charge in [-0.3, -0.25) is 4.98 Å². The van der Waals surface area contributed by atoms with E-state index in [1.165, 1.54) is 0 Å². The molecule has 0 aliphatic heterocycles. The standard InChI is InChI=1S/C16H21N3O/c1-12-9-14(20-4)10-13(18-12)11-17-15-7-5-6-8-16(15)19(2)3/h5-10,17H,11H2,1-4H3. The van der Waals surface area contributed by atoms with Crippen LogP contribution in [-0.2, 0) is 6.54 Å². The summed E-state index contributed by atoms with van der Waals surface area (Å²) >= 11 is 0. The minimum atomic E-state index is 0.670. The fourth-order valence-corrected chi connectivity index (χ4v) is 2.11. The maximum absolute atomic E-state index is 5.27. The Kier molecular flexibility index (Phi) is 4.45. The first-order valence-corrected chi connectivity index (χ1v) is 6.62. The molecule has 2 rings (SSSR count). The van der Waals surface area contributed by atoms with Gasteiger partial charge in [0, 0.05) is 31.9 Å². The van der Waals surface area contributed by atoms with Crippen LogP contribution in [0.25, 0.3) is 0 Å². The summed E-state index contributed by atoms with van der Waals surface area (Å²) in [7, 11) is 5.75. The number of methoxy groups -OCH3 is 1. The molecule has 0 radical (unpaired) electrons. The van der Waals surface area contributed by atoms with Crippen LogP contribution in [0.15, 0.2) is 36.4 Å². The number of pyridine rings is 1. The lowest BCUT2D eigenvalue weighted by Gasteiger charge is -2.18. The summed E-state index contributed by atoms with van der Waals surface area (Å²) < 4.78 is 5.27. The molecule has 20 heavy (non-hydrogen) atoms. The molecule has 1 heterocycles. The first-order chi connectivity index (χ1) is 9.60. The van der Waals surface area contributed by atoms with E-state index in [4.69, 9.17) is 4.74 Å². The molecule has 1 aromatic carbocycles. The molecule has 0 saturated carbocycles. The highest BCUT2D eigenvalue weighted by atomic mass is 16.5. The number of nitrogens with zero attached hydrogens (tertiary/aromatic N) is 2. The maximum atomic E-state index is 5.27. The zero-order valence-electron chi connectivity index (χ0n) is 12.5. The van der Waals surface area contributed by atoms with Crippen molar-refractivity contribution in [2.75, 3.05) is 31.4 Å². The van der Waals surface area contributed by atoms with Crippen molar-refractivity contribution in [2.24, 2.45) is 0 Å². The Labute approximate surface area is 120 Å². The van der Waals surface area contributed by atoms with E-state index in [1.54, 1.807) is 7.11 Å². The van der Waals surface area contributed by atoms with Gasteiger partial charge in [0.25, 0.3) is 0 Å². The molecule has 0 bridgehead atoms. The molecule has 1 N–H and O–H groups in total. The summed E-state index contributed by atoms with van der Waals surface area (Å²) in [5, 5.41) is 3.43. The van der Waals surface area contributed by atoms with E-state index in [1.807, 2.05) is 45.3 Å². The van der Waals surface area contributed by atoms with Gasteiger partial charge in [-0.1, -0.05) is 12.1 Å². The third-order valence-corrected chi connectivity index (χ3v) is 3.06. The van der Waals surface area contributed by atoms with Gasteiger partial charge in [0.1, 0.15) is 5.75 Å². The molecule has 0 atom stereocenters. The minimum absolute atomic E-state index is 0.670. The van der Waals surface area contributed by atoms with E-state index in [2.05, 4.69) is 27.3 Å². The molecule has 4 nitrogen and oxygen atoms in total. The Morgan fingerprint density at radius 3 is 2.65 bits per heavy atom.